The molecular weight excluding hydrogens is 381 g/mol. The SMILES string of the molecule is C[C@@H]1CC[C@@H](C(N)=O)CN1C(=O)c1csc(-c2ccc(Cl)cc2Cl)n1. The molecule has 132 valence electrons. The molecule has 0 aliphatic carbocycles. The van der Waals surface area contributed by atoms with Crippen molar-refractivity contribution in [3.8, 4) is 10.6 Å². The summed E-state index contributed by atoms with van der Waals surface area (Å²) in [4.78, 5) is 30.4. The second-order valence-electron chi connectivity index (χ2n) is 6.15. The number of nitrogens with two attached hydrogens (primary N) is 1. The Morgan fingerprint density at radius 2 is 2.08 bits per heavy atom. The van der Waals surface area contributed by atoms with Crippen molar-refractivity contribution < 1.29 is 9.59 Å². The van der Waals surface area contributed by atoms with Gasteiger partial charge in [-0.05, 0) is 38.0 Å². The van der Waals surface area contributed by atoms with Gasteiger partial charge in [-0.2, -0.15) is 0 Å². The Hall–Kier alpha value is -1.63. The number of rotatable bonds is 3. The van der Waals surface area contributed by atoms with Gasteiger partial charge in [0.05, 0.1) is 10.9 Å². The van der Waals surface area contributed by atoms with E-state index < -0.39 is 0 Å². The van der Waals surface area contributed by atoms with E-state index in [1.807, 2.05) is 6.92 Å². The molecule has 5 nitrogen and oxygen atoms in total. The summed E-state index contributed by atoms with van der Waals surface area (Å²) in [5, 5.41) is 3.40. The van der Waals surface area contributed by atoms with Crippen LogP contribution in [0.2, 0.25) is 10.0 Å². The van der Waals surface area contributed by atoms with Gasteiger partial charge in [0, 0.05) is 28.6 Å². The molecule has 2 amide bonds. The van der Waals surface area contributed by atoms with E-state index in [0.29, 0.717) is 33.7 Å². The molecule has 2 aromatic rings. The first-order valence-electron chi connectivity index (χ1n) is 7.88. The number of carbonyl (C=O) groups excluding carboxylic acids is 2. The van der Waals surface area contributed by atoms with Gasteiger partial charge in [-0.15, -0.1) is 11.3 Å². The lowest BCUT2D eigenvalue weighted by Crippen LogP contribution is -2.48. The molecule has 8 heteroatoms. The first-order chi connectivity index (χ1) is 11.9. The zero-order valence-electron chi connectivity index (χ0n) is 13.5. The average molecular weight is 398 g/mol. The summed E-state index contributed by atoms with van der Waals surface area (Å²) in [6.45, 7) is 2.31. The fourth-order valence-electron chi connectivity index (χ4n) is 2.93. The minimum atomic E-state index is -0.364. The summed E-state index contributed by atoms with van der Waals surface area (Å²) in [5.41, 5.74) is 6.49. The van der Waals surface area contributed by atoms with E-state index in [1.165, 1.54) is 11.3 Å². The van der Waals surface area contributed by atoms with E-state index in [9.17, 15) is 9.59 Å². The Bertz CT molecular complexity index is 824. The van der Waals surface area contributed by atoms with E-state index in [1.54, 1.807) is 28.5 Å². The lowest BCUT2D eigenvalue weighted by Gasteiger charge is -2.36. The summed E-state index contributed by atoms with van der Waals surface area (Å²) in [7, 11) is 0. The largest absolute Gasteiger partial charge is 0.369 e. The molecule has 0 bridgehead atoms. The van der Waals surface area contributed by atoms with Crippen LogP contribution in [0, 0.1) is 5.92 Å². The maximum absolute atomic E-state index is 12.8. The summed E-state index contributed by atoms with van der Waals surface area (Å²) in [6, 6.07) is 5.21. The number of halogens is 2. The molecule has 1 aromatic carbocycles. The molecule has 2 atom stereocenters. The van der Waals surface area contributed by atoms with E-state index in [2.05, 4.69) is 4.98 Å². The molecular formula is C17H17Cl2N3O2S. The smallest absolute Gasteiger partial charge is 0.273 e. The third-order valence-electron chi connectivity index (χ3n) is 4.43. The molecule has 1 fully saturated rings. The first kappa shape index (κ1) is 18.2. The van der Waals surface area contributed by atoms with Gasteiger partial charge in [-0.1, -0.05) is 23.2 Å². The third kappa shape index (κ3) is 3.81. The van der Waals surface area contributed by atoms with Crippen LogP contribution in [0.3, 0.4) is 0 Å². The number of aromatic nitrogens is 1. The fourth-order valence-corrected chi connectivity index (χ4v) is 4.31. The average Bonchev–Trinajstić information content (AvgIpc) is 3.04. The van der Waals surface area contributed by atoms with Crippen molar-refractivity contribution in [1.29, 1.82) is 0 Å². The molecule has 3 rings (SSSR count). The Morgan fingerprint density at radius 3 is 2.76 bits per heavy atom. The van der Waals surface area contributed by atoms with E-state index in [0.717, 1.165) is 12.0 Å². The van der Waals surface area contributed by atoms with E-state index in [4.69, 9.17) is 28.9 Å². The predicted molar refractivity (Wildman–Crippen MR) is 100.0 cm³/mol. The van der Waals surface area contributed by atoms with Crippen LogP contribution >= 0.6 is 34.5 Å². The van der Waals surface area contributed by atoms with Crippen LogP contribution in [0.1, 0.15) is 30.3 Å². The minimum absolute atomic E-state index is 0.0485. The zero-order valence-corrected chi connectivity index (χ0v) is 15.9. The first-order valence-corrected chi connectivity index (χ1v) is 9.51. The van der Waals surface area contributed by atoms with Crippen molar-refractivity contribution in [3.05, 3.63) is 39.3 Å². The lowest BCUT2D eigenvalue weighted by molar-refractivity contribution is -0.123. The third-order valence-corrected chi connectivity index (χ3v) is 5.85. The number of primary amides is 1. The van der Waals surface area contributed by atoms with Gasteiger partial charge in [0.15, 0.2) is 0 Å². The monoisotopic (exact) mass is 397 g/mol. The highest BCUT2D eigenvalue weighted by Crippen LogP contribution is 2.33. The summed E-state index contributed by atoms with van der Waals surface area (Å²) in [5.74, 6) is -0.855. The fraction of sp³-hybridized carbons (Fsp3) is 0.353. The van der Waals surface area contributed by atoms with Gasteiger partial charge < -0.3 is 10.6 Å². The Morgan fingerprint density at radius 1 is 1.32 bits per heavy atom. The number of hydrogen-bond donors (Lipinski definition) is 1. The summed E-state index contributed by atoms with van der Waals surface area (Å²) < 4.78 is 0. The maximum Gasteiger partial charge on any atom is 0.273 e. The van der Waals surface area contributed by atoms with Gasteiger partial charge >= 0.3 is 0 Å². The highest BCUT2D eigenvalue weighted by Gasteiger charge is 2.33. The summed E-state index contributed by atoms with van der Waals surface area (Å²) >= 11 is 13.5. The number of benzene rings is 1. The van der Waals surface area contributed by atoms with Gasteiger partial charge in [0.25, 0.3) is 5.91 Å². The molecule has 0 unspecified atom stereocenters. The maximum atomic E-state index is 12.8. The van der Waals surface area contributed by atoms with Crippen LogP contribution < -0.4 is 5.73 Å². The highest BCUT2D eigenvalue weighted by atomic mass is 35.5. The predicted octanol–water partition coefficient (Wildman–Crippen LogP) is 3.84. The van der Waals surface area contributed by atoms with Crippen LogP contribution in [0.5, 0.6) is 0 Å². The number of nitrogens with zero attached hydrogens (tertiary/aromatic N) is 2. The number of piperidine rings is 1. The van der Waals surface area contributed by atoms with Gasteiger partial charge in [0.1, 0.15) is 10.7 Å². The number of carbonyl (C=O) groups is 2. The van der Waals surface area contributed by atoms with Crippen LogP contribution in [0.15, 0.2) is 23.6 Å². The quantitative estimate of drug-likeness (QED) is 0.854. The molecule has 2 N–H and O–H groups in total. The van der Waals surface area contributed by atoms with Crippen LogP contribution in [0.4, 0.5) is 0 Å². The topological polar surface area (TPSA) is 76.3 Å². The van der Waals surface area contributed by atoms with Crippen molar-refractivity contribution in [2.45, 2.75) is 25.8 Å². The zero-order chi connectivity index (χ0) is 18.1. The van der Waals surface area contributed by atoms with Crippen LogP contribution in [0.25, 0.3) is 10.6 Å². The Kier molecular flexibility index (Phi) is 5.32. The van der Waals surface area contributed by atoms with E-state index >= 15 is 0 Å². The van der Waals surface area contributed by atoms with Gasteiger partial charge in [0.2, 0.25) is 5.91 Å². The minimum Gasteiger partial charge on any atom is -0.369 e. The Balaban J connectivity index is 1.83. The molecule has 1 aliphatic rings. The second kappa shape index (κ2) is 7.32. The van der Waals surface area contributed by atoms with Crippen LogP contribution in [-0.2, 0) is 4.79 Å². The molecule has 1 aromatic heterocycles. The van der Waals surface area contributed by atoms with Gasteiger partial charge in [-0.3, -0.25) is 9.59 Å². The number of hydrogen-bond acceptors (Lipinski definition) is 4. The van der Waals surface area contributed by atoms with Crippen LogP contribution in [-0.4, -0.2) is 34.3 Å². The standard InChI is InChI=1S/C17H17Cl2N3O2S/c1-9-2-3-10(15(20)23)7-22(9)17(24)14-8-25-16(21-14)12-5-4-11(18)6-13(12)19/h4-6,8-10H,2-3,7H2,1H3,(H2,20,23)/t9-,10-/m1/s1. The van der Waals surface area contributed by atoms with Crippen molar-refractivity contribution in [2.24, 2.45) is 11.7 Å². The molecule has 0 radical (unpaired) electrons. The Labute approximate surface area is 159 Å². The molecule has 1 saturated heterocycles. The normalized spacial score (nSPS) is 20.5. The second-order valence-corrected chi connectivity index (χ2v) is 7.85. The number of amides is 2. The van der Waals surface area contributed by atoms with E-state index in [-0.39, 0.29) is 23.8 Å². The molecule has 25 heavy (non-hydrogen) atoms. The van der Waals surface area contributed by atoms with Crippen molar-refractivity contribution in [1.82, 2.24) is 9.88 Å². The van der Waals surface area contributed by atoms with Crippen molar-refractivity contribution >= 4 is 46.4 Å². The van der Waals surface area contributed by atoms with Crippen molar-refractivity contribution in [2.75, 3.05) is 6.54 Å². The lowest BCUT2D eigenvalue weighted by atomic mass is 9.93. The molecule has 0 saturated carbocycles. The highest BCUT2D eigenvalue weighted by molar-refractivity contribution is 7.13. The van der Waals surface area contributed by atoms with Crippen molar-refractivity contribution in [3.63, 3.8) is 0 Å². The van der Waals surface area contributed by atoms with Gasteiger partial charge in [-0.25, -0.2) is 4.98 Å². The molecule has 1 aliphatic heterocycles. The molecule has 2 heterocycles. The summed E-state index contributed by atoms with van der Waals surface area (Å²) in [6.07, 6.45) is 1.46. The molecule has 0 spiro atoms. The number of thiazole rings is 1. The number of likely N-dealkylation sites (tertiary alicyclic amines) is 1.